The molecule has 0 saturated heterocycles. The van der Waals surface area contributed by atoms with Crippen LogP contribution in [-0.2, 0) is 10.0 Å². The van der Waals surface area contributed by atoms with E-state index in [0.29, 0.717) is 10.8 Å². The Bertz CT molecular complexity index is 403. The standard InChI is InChI=1S/C8H13IN2O2S2/c1-7-10-6-8(14-7)15(12,13)11-5-3-2-4-9/h6,11H,2-5H2,1H3. The average molecular weight is 360 g/mol. The molecule has 0 aliphatic rings. The number of sulfonamides is 1. The Morgan fingerprint density at radius 1 is 1.53 bits per heavy atom. The number of aryl methyl sites for hydroxylation is 1. The predicted octanol–water partition coefficient (Wildman–Crippen LogP) is 1.95. The lowest BCUT2D eigenvalue weighted by molar-refractivity contribution is 0.580. The van der Waals surface area contributed by atoms with Gasteiger partial charge in [-0.3, -0.25) is 0 Å². The van der Waals surface area contributed by atoms with Crippen molar-refractivity contribution < 1.29 is 8.42 Å². The molecule has 0 amide bonds. The lowest BCUT2D eigenvalue weighted by atomic mass is 10.3. The van der Waals surface area contributed by atoms with Gasteiger partial charge in [-0.1, -0.05) is 22.6 Å². The highest BCUT2D eigenvalue weighted by molar-refractivity contribution is 14.1. The number of halogens is 1. The van der Waals surface area contributed by atoms with Gasteiger partial charge in [-0.2, -0.15) is 0 Å². The maximum Gasteiger partial charge on any atom is 0.251 e. The highest BCUT2D eigenvalue weighted by Crippen LogP contribution is 2.17. The van der Waals surface area contributed by atoms with E-state index in [1.807, 2.05) is 0 Å². The Morgan fingerprint density at radius 2 is 2.27 bits per heavy atom. The van der Waals surface area contributed by atoms with Crippen molar-refractivity contribution in [2.75, 3.05) is 11.0 Å². The second-order valence-corrected chi connectivity index (χ2v) is 7.30. The molecule has 0 saturated carbocycles. The first-order chi connectivity index (χ1) is 7.06. The van der Waals surface area contributed by atoms with Crippen LogP contribution in [0.15, 0.2) is 10.4 Å². The average Bonchev–Trinajstić information content (AvgIpc) is 2.60. The summed E-state index contributed by atoms with van der Waals surface area (Å²) < 4.78 is 27.3. The van der Waals surface area contributed by atoms with Gasteiger partial charge >= 0.3 is 0 Å². The van der Waals surface area contributed by atoms with Gasteiger partial charge in [0, 0.05) is 6.54 Å². The molecule has 1 N–H and O–H groups in total. The topological polar surface area (TPSA) is 59.1 Å². The third-order valence-corrected chi connectivity index (χ3v) is 5.32. The summed E-state index contributed by atoms with van der Waals surface area (Å²) in [5.74, 6) is 0. The summed E-state index contributed by atoms with van der Waals surface area (Å²) in [6.07, 6.45) is 3.31. The van der Waals surface area contributed by atoms with Crippen LogP contribution < -0.4 is 4.72 Å². The van der Waals surface area contributed by atoms with Crippen LogP contribution in [0.1, 0.15) is 17.8 Å². The van der Waals surface area contributed by atoms with E-state index in [4.69, 9.17) is 0 Å². The summed E-state index contributed by atoms with van der Waals surface area (Å²) in [4.78, 5) is 3.93. The molecule has 0 aliphatic carbocycles. The summed E-state index contributed by atoms with van der Waals surface area (Å²) in [6.45, 7) is 2.29. The van der Waals surface area contributed by atoms with Crippen LogP contribution in [0.5, 0.6) is 0 Å². The van der Waals surface area contributed by atoms with Crippen molar-refractivity contribution in [1.29, 1.82) is 0 Å². The number of hydrogen-bond donors (Lipinski definition) is 1. The number of hydrogen-bond acceptors (Lipinski definition) is 4. The molecule has 86 valence electrons. The van der Waals surface area contributed by atoms with Gasteiger partial charge in [-0.25, -0.2) is 18.1 Å². The fraction of sp³-hybridized carbons (Fsp3) is 0.625. The normalized spacial score (nSPS) is 11.9. The first-order valence-corrected chi connectivity index (χ1v) is 8.37. The molecule has 0 atom stereocenters. The number of thiazole rings is 1. The number of alkyl halides is 1. The molecular weight excluding hydrogens is 347 g/mol. The van der Waals surface area contributed by atoms with Crippen molar-refractivity contribution in [3.05, 3.63) is 11.2 Å². The van der Waals surface area contributed by atoms with Crippen LogP contribution in [0.2, 0.25) is 0 Å². The van der Waals surface area contributed by atoms with E-state index < -0.39 is 10.0 Å². The molecule has 1 heterocycles. The summed E-state index contributed by atoms with van der Waals surface area (Å²) in [5, 5.41) is 0.766. The smallest absolute Gasteiger partial charge is 0.249 e. The predicted molar refractivity (Wildman–Crippen MR) is 70.2 cm³/mol. The molecule has 15 heavy (non-hydrogen) atoms. The summed E-state index contributed by atoms with van der Waals surface area (Å²) >= 11 is 3.47. The molecule has 0 bridgehead atoms. The molecule has 0 unspecified atom stereocenters. The minimum Gasteiger partial charge on any atom is -0.249 e. The Morgan fingerprint density at radius 3 is 2.80 bits per heavy atom. The van der Waals surface area contributed by atoms with Gasteiger partial charge < -0.3 is 0 Å². The first kappa shape index (κ1) is 13.3. The number of nitrogens with one attached hydrogen (secondary N) is 1. The molecule has 0 spiro atoms. The summed E-state index contributed by atoms with van der Waals surface area (Å²) in [7, 11) is -3.32. The van der Waals surface area contributed by atoms with Crippen LogP contribution in [0.3, 0.4) is 0 Å². The molecule has 0 aliphatic heterocycles. The molecule has 7 heteroatoms. The summed E-state index contributed by atoms with van der Waals surface area (Å²) in [6, 6.07) is 0. The van der Waals surface area contributed by atoms with Gasteiger partial charge in [0.2, 0.25) is 0 Å². The van der Waals surface area contributed by atoms with Crippen molar-refractivity contribution in [2.24, 2.45) is 0 Å². The fourth-order valence-corrected chi connectivity index (χ4v) is 3.73. The van der Waals surface area contributed by atoms with E-state index in [0.717, 1.165) is 22.3 Å². The second-order valence-electron chi connectivity index (χ2n) is 2.99. The molecule has 1 rings (SSSR count). The number of nitrogens with zero attached hydrogens (tertiary/aromatic N) is 1. The van der Waals surface area contributed by atoms with Crippen LogP contribution in [-0.4, -0.2) is 24.4 Å². The Kier molecular flexibility index (Phi) is 5.44. The van der Waals surface area contributed by atoms with Gasteiger partial charge in [-0.05, 0) is 24.2 Å². The zero-order valence-corrected chi connectivity index (χ0v) is 12.2. The van der Waals surface area contributed by atoms with Crippen LogP contribution in [0, 0.1) is 6.92 Å². The van der Waals surface area contributed by atoms with Crippen LogP contribution in [0.25, 0.3) is 0 Å². The van der Waals surface area contributed by atoms with E-state index in [1.165, 1.54) is 17.5 Å². The maximum absolute atomic E-state index is 11.7. The molecule has 0 radical (unpaired) electrons. The molecule has 1 aromatic heterocycles. The highest BCUT2D eigenvalue weighted by Gasteiger charge is 2.15. The molecular formula is C8H13IN2O2S2. The van der Waals surface area contributed by atoms with Gasteiger partial charge in [0.25, 0.3) is 10.0 Å². The summed E-state index contributed by atoms with van der Waals surface area (Å²) in [5.41, 5.74) is 0. The lowest BCUT2D eigenvalue weighted by Crippen LogP contribution is -2.24. The van der Waals surface area contributed by atoms with E-state index in [9.17, 15) is 8.42 Å². The third-order valence-electron chi connectivity index (χ3n) is 1.72. The van der Waals surface area contributed by atoms with Crippen molar-refractivity contribution >= 4 is 44.0 Å². The molecule has 0 fully saturated rings. The van der Waals surface area contributed by atoms with Crippen LogP contribution in [0.4, 0.5) is 0 Å². The van der Waals surface area contributed by atoms with Crippen molar-refractivity contribution in [3.8, 4) is 0 Å². The van der Waals surface area contributed by atoms with Crippen molar-refractivity contribution in [3.63, 3.8) is 0 Å². The van der Waals surface area contributed by atoms with Gasteiger partial charge in [0.05, 0.1) is 11.2 Å². The zero-order valence-electron chi connectivity index (χ0n) is 8.36. The number of rotatable bonds is 6. The Balaban J connectivity index is 2.53. The minimum absolute atomic E-state index is 0.300. The van der Waals surface area contributed by atoms with Crippen LogP contribution >= 0.6 is 33.9 Å². The highest BCUT2D eigenvalue weighted by atomic mass is 127. The maximum atomic E-state index is 11.7. The van der Waals surface area contributed by atoms with Crippen molar-refractivity contribution in [1.82, 2.24) is 9.71 Å². The largest absolute Gasteiger partial charge is 0.251 e. The molecule has 0 aromatic carbocycles. The zero-order chi connectivity index (χ0) is 11.3. The Labute approximate surface area is 108 Å². The van der Waals surface area contributed by atoms with E-state index in [1.54, 1.807) is 6.92 Å². The minimum atomic E-state index is -3.32. The SMILES string of the molecule is Cc1ncc(S(=O)(=O)NCCCCI)s1. The fourth-order valence-electron chi connectivity index (χ4n) is 0.963. The molecule has 4 nitrogen and oxygen atoms in total. The quantitative estimate of drug-likeness (QED) is 0.479. The second kappa shape index (κ2) is 6.12. The third kappa shape index (κ3) is 4.33. The first-order valence-electron chi connectivity index (χ1n) is 4.54. The van der Waals surface area contributed by atoms with Crippen molar-refractivity contribution in [2.45, 2.75) is 24.0 Å². The number of unbranched alkanes of at least 4 members (excludes halogenated alkanes) is 1. The van der Waals surface area contributed by atoms with E-state index in [2.05, 4.69) is 32.3 Å². The van der Waals surface area contributed by atoms with E-state index >= 15 is 0 Å². The lowest BCUT2D eigenvalue weighted by Gasteiger charge is -2.02. The molecule has 1 aromatic rings. The van der Waals surface area contributed by atoms with Gasteiger partial charge in [0.15, 0.2) is 4.21 Å². The van der Waals surface area contributed by atoms with Gasteiger partial charge in [0.1, 0.15) is 0 Å². The van der Waals surface area contributed by atoms with E-state index in [-0.39, 0.29) is 0 Å². The monoisotopic (exact) mass is 360 g/mol. The number of aromatic nitrogens is 1. The van der Waals surface area contributed by atoms with Gasteiger partial charge in [-0.15, -0.1) is 11.3 Å². The Hall–Kier alpha value is 0.270.